The Morgan fingerprint density at radius 2 is 2.40 bits per heavy atom. The van der Waals surface area contributed by atoms with Crippen LogP contribution in [0.25, 0.3) is 0 Å². The van der Waals surface area contributed by atoms with Crippen LogP contribution in [0.15, 0.2) is 12.3 Å². The fraction of sp³-hybridized carbons (Fsp3) is 0.444. The van der Waals surface area contributed by atoms with Gasteiger partial charge in [-0.3, -0.25) is 4.68 Å². The average Bonchev–Trinajstić information content (AvgIpc) is 2.75. The van der Waals surface area contributed by atoms with E-state index in [9.17, 15) is 5.11 Å². The molecule has 1 atom stereocenters. The van der Waals surface area contributed by atoms with Gasteiger partial charge in [0.2, 0.25) is 0 Å². The van der Waals surface area contributed by atoms with Crippen molar-refractivity contribution in [3.05, 3.63) is 28.5 Å². The second-order valence-electron chi connectivity index (χ2n) is 3.42. The smallest absolute Gasteiger partial charge is 0.0972 e. The lowest BCUT2D eigenvalue weighted by Crippen LogP contribution is -2.02. The molecule has 0 saturated carbocycles. The topological polar surface area (TPSA) is 63.8 Å². The molecule has 0 saturated heterocycles. The van der Waals surface area contributed by atoms with E-state index in [-0.39, 0.29) is 0 Å². The van der Waals surface area contributed by atoms with E-state index in [0.29, 0.717) is 6.42 Å². The molecule has 2 rings (SSSR count). The lowest BCUT2D eigenvalue weighted by Gasteiger charge is -2.05. The van der Waals surface area contributed by atoms with Gasteiger partial charge in [-0.25, -0.2) is 0 Å². The number of aliphatic hydroxyl groups excluding tert-OH is 1. The third-order valence-electron chi connectivity index (χ3n) is 2.16. The maximum Gasteiger partial charge on any atom is 0.0972 e. The average molecular weight is 224 g/mol. The van der Waals surface area contributed by atoms with Crippen molar-refractivity contribution in [2.75, 3.05) is 0 Å². The number of rotatable bonds is 3. The molecule has 5 nitrogen and oxygen atoms in total. The van der Waals surface area contributed by atoms with Crippen LogP contribution < -0.4 is 0 Å². The van der Waals surface area contributed by atoms with Crippen LogP contribution in [0.4, 0.5) is 0 Å². The summed E-state index contributed by atoms with van der Waals surface area (Å²) in [5, 5.41) is 18.0. The van der Waals surface area contributed by atoms with Gasteiger partial charge >= 0.3 is 0 Å². The Labute approximate surface area is 91.5 Å². The first-order valence-electron chi connectivity index (χ1n) is 4.62. The zero-order valence-electron chi connectivity index (χ0n) is 8.58. The minimum atomic E-state index is -0.556. The van der Waals surface area contributed by atoms with Gasteiger partial charge in [-0.05, 0) is 24.5 Å². The summed E-state index contributed by atoms with van der Waals surface area (Å²) >= 11 is 1.24. The van der Waals surface area contributed by atoms with Crippen LogP contribution in [0, 0.1) is 6.92 Å². The molecule has 0 aliphatic heterocycles. The zero-order chi connectivity index (χ0) is 10.8. The van der Waals surface area contributed by atoms with Crippen molar-refractivity contribution in [2.24, 2.45) is 7.05 Å². The van der Waals surface area contributed by atoms with E-state index in [1.807, 2.05) is 26.2 Å². The molecule has 2 aromatic rings. The molecule has 0 bridgehead atoms. The standard InChI is InChI=1S/C9H12N4OS/c1-6-9(15-12-10-6)8(14)5-7-3-4-13(2)11-7/h3-4,8,14H,5H2,1-2H3. The summed E-state index contributed by atoms with van der Waals surface area (Å²) < 4.78 is 5.52. The summed E-state index contributed by atoms with van der Waals surface area (Å²) in [6, 6.07) is 1.90. The third kappa shape index (κ3) is 2.21. The highest BCUT2D eigenvalue weighted by Gasteiger charge is 2.15. The molecule has 0 fully saturated rings. The van der Waals surface area contributed by atoms with Crippen molar-refractivity contribution < 1.29 is 5.11 Å². The minimum absolute atomic E-state index is 0.506. The predicted molar refractivity (Wildman–Crippen MR) is 56.5 cm³/mol. The maximum absolute atomic E-state index is 9.93. The highest BCUT2D eigenvalue weighted by Crippen LogP contribution is 2.22. The molecule has 15 heavy (non-hydrogen) atoms. The maximum atomic E-state index is 9.93. The quantitative estimate of drug-likeness (QED) is 0.839. The predicted octanol–water partition coefficient (Wildman–Crippen LogP) is 0.856. The van der Waals surface area contributed by atoms with Gasteiger partial charge in [0.1, 0.15) is 0 Å². The van der Waals surface area contributed by atoms with E-state index >= 15 is 0 Å². The molecule has 0 radical (unpaired) electrons. The fourth-order valence-corrected chi connectivity index (χ4v) is 2.03. The monoisotopic (exact) mass is 224 g/mol. The van der Waals surface area contributed by atoms with Crippen molar-refractivity contribution in [3.63, 3.8) is 0 Å². The molecule has 6 heteroatoms. The van der Waals surface area contributed by atoms with Crippen LogP contribution >= 0.6 is 11.5 Å². The van der Waals surface area contributed by atoms with E-state index in [2.05, 4.69) is 14.7 Å². The molecule has 0 aliphatic rings. The number of aliphatic hydroxyl groups is 1. The van der Waals surface area contributed by atoms with Crippen LogP contribution in [-0.2, 0) is 13.5 Å². The number of aryl methyl sites for hydroxylation is 2. The van der Waals surface area contributed by atoms with E-state index in [4.69, 9.17) is 0 Å². The molecule has 0 amide bonds. The number of nitrogens with zero attached hydrogens (tertiary/aromatic N) is 4. The Hall–Kier alpha value is -1.27. The van der Waals surface area contributed by atoms with Gasteiger partial charge in [0.25, 0.3) is 0 Å². The Morgan fingerprint density at radius 3 is 2.93 bits per heavy atom. The zero-order valence-corrected chi connectivity index (χ0v) is 9.40. The summed E-state index contributed by atoms with van der Waals surface area (Å²) in [5.41, 5.74) is 1.67. The van der Waals surface area contributed by atoms with Gasteiger partial charge in [-0.1, -0.05) is 4.49 Å². The van der Waals surface area contributed by atoms with E-state index in [1.54, 1.807) is 4.68 Å². The lowest BCUT2D eigenvalue weighted by atomic mass is 10.1. The Kier molecular flexibility index (Phi) is 2.79. The summed E-state index contributed by atoms with van der Waals surface area (Å²) in [6.07, 6.45) is 1.81. The highest BCUT2D eigenvalue weighted by atomic mass is 32.1. The summed E-state index contributed by atoms with van der Waals surface area (Å²) in [4.78, 5) is 0.820. The molecule has 0 spiro atoms. The van der Waals surface area contributed by atoms with Gasteiger partial charge < -0.3 is 5.11 Å². The van der Waals surface area contributed by atoms with E-state index in [1.165, 1.54) is 11.5 Å². The SMILES string of the molecule is Cc1nnsc1C(O)Cc1ccn(C)n1. The molecule has 2 heterocycles. The van der Waals surface area contributed by atoms with Crippen LogP contribution in [0.2, 0.25) is 0 Å². The van der Waals surface area contributed by atoms with Gasteiger partial charge in [0.15, 0.2) is 0 Å². The molecular formula is C9H12N4OS. The van der Waals surface area contributed by atoms with Crippen molar-refractivity contribution in [1.29, 1.82) is 0 Å². The van der Waals surface area contributed by atoms with E-state index in [0.717, 1.165) is 16.3 Å². The van der Waals surface area contributed by atoms with Crippen molar-refractivity contribution in [3.8, 4) is 0 Å². The molecule has 1 unspecified atom stereocenters. The second kappa shape index (κ2) is 4.08. The van der Waals surface area contributed by atoms with E-state index < -0.39 is 6.10 Å². The van der Waals surface area contributed by atoms with Gasteiger partial charge in [-0.15, -0.1) is 5.10 Å². The minimum Gasteiger partial charge on any atom is -0.387 e. The largest absolute Gasteiger partial charge is 0.387 e. The van der Waals surface area contributed by atoms with Crippen molar-refractivity contribution >= 4 is 11.5 Å². The molecule has 2 aromatic heterocycles. The highest BCUT2D eigenvalue weighted by molar-refractivity contribution is 7.05. The third-order valence-corrected chi connectivity index (χ3v) is 3.09. The molecule has 0 aromatic carbocycles. The number of hydrogen-bond acceptors (Lipinski definition) is 5. The van der Waals surface area contributed by atoms with Crippen molar-refractivity contribution in [2.45, 2.75) is 19.4 Å². The second-order valence-corrected chi connectivity index (χ2v) is 4.21. The Morgan fingerprint density at radius 1 is 1.60 bits per heavy atom. The number of hydrogen-bond donors (Lipinski definition) is 1. The normalized spacial score (nSPS) is 13.0. The molecule has 0 aliphatic carbocycles. The lowest BCUT2D eigenvalue weighted by molar-refractivity contribution is 0.180. The first kappa shape index (κ1) is 10.3. The first-order valence-corrected chi connectivity index (χ1v) is 5.39. The van der Waals surface area contributed by atoms with Gasteiger partial charge in [-0.2, -0.15) is 5.10 Å². The van der Waals surface area contributed by atoms with Crippen LogP contribution in [0.1, 0.15) is 22.4 Å². The van der Waals surface area contributed by atoms with Crippen LogP contribution in [-0.4, -0.2) is 24.5 Å². The van der Waals surface area contributed by atoms with Crippen LogP contribution in [0.3, 0.4) is 0 Å². The van der Waals surface area contributed by atoms with Crippen LogP contribution in [0.5, 0.6) is 0 Å². The summed E-state index contributed by atoms with van der Waals surface area (Å²) in [6.45, 7) is 1.85. The molecule has 1 N–H and O–H groups in total. The number of aromatic nitrogens is 4. The summed E-state index contributed by atoms with van der Waals surface area (Å²) in [7, 11) is 1.86. The Balaban J connectivity index is 2.10. The molecule has 80 valence electrons. The van der Waals surface area contributed by atoms with Gasteiger partial charge in [0.05, 0.1) is 22.4 Å². The summed E-state index contributed by atoms with van der Waals surface area (Å²) in [5.74, 6) is 0. The molecular weight excluding hydrogens is 212 g/mol. The first-order chi connectivity index (χ1) is 7.16. The van der Waals surface area contributed by atoms with Gasteiger partial charge in [0, 0.05) is 19.7 Å². The fourth-order valence-electron chi connectivity index (χ4n) is 1.41. The Bertz CT molecular complexity index is 450. The van der Waals surface area contributed by atoms with Crippen molar-refractivity contribution in [1.82, 2.24) is 19.4 Å².